The molecule has 5 aromatic carbocycles. The van der Waals surface area contributed by atoms with Gasteiger partial charge in [0.15, 0.2) is 18.5 Å². The van der Waals surface area contributed by atoms with E-state index in [-0.39, 0.29) is 72.5 Å². The van der Waals surface area contributed by atoms with Gasteiger partial charge in [-0.1, -0.05) is 81.2 Å². The third-order valence-corrected chi connectivity index (χ3v) is 11.0. The Bertz CT molecular complexity index is 2510. The standard InChI is InChI=1S/C10H11ClO3.C9H9ClO3.C8H5Cl3O3.C8H6Cl2O3.C7H3I2NO.Na/c1-6-5-8(11)3-4-9(6)14-7(2)10(12)13;1-6-4-7(10)2-3-8(6)13-5-9(11)12;9-4-1-6(11)7(2-5(4)10)14-3-8(12)13;1-13-7-5(10)3-2-4(9)6(7)8(11)12;8-5-1-4(3-10)2-6(9)7(5)11;/h3-5,7H,1-2H3,(H,12,13);2-4H,5H2,1H3,(H,11,12);1-2H,3H2,(H,12,13);2-3H,1H3,(H,11,12);1-2,11H;/q;;;;;+1/p-1. The number of nitriles is 1. The van der Waals surface area contributed by atoms with Crippen LogP contribution in [0.5, 0.6) is 28.7 Å². The van der Waals surface area contributed by atoms with E-state index in [0.29, 0.717) is 39.3 Å². The number of carboxylic acids is 4. The fourth-order valence-corrected chi connectivity index (χ4v) is 7.49. The van der Waals surface area contributed by atoms with Gasteiger partial charge in [-0.05, 0) is 144 Å². The molecule has 1 atom stereocenters. The first-order valence-electron chi connectivity index (χ1n) is 17.4. The molecule has 0 aliphatic carbocycles. The number of carboxylic acid groups (broad SMARTS) is 4. The Morgan fingerprint density at radius 2 is 1.18 bits per heavy atom. The molecule has 5 rings (SSSR count). The van der Waals surface area contributed by atoms with Gasteiger partial charge in [0.05, 0.1) is 57.0 Å². The first-order chi connectivity index (χ1) is 30.3. The molecular weight excluding hydrogens is 1250 g/mol. The molecule has 0 saturated heterocycles. The zero-order chi connectivity index (χ0) is 49.7. The molecule has 0 heterocycles. The summed E-state index contributed by atoms with van der Waals surface area (Å²) in [4.78, 5) is 41.6. The smallest absolute Gasteiger partial charge is 0.546 e. The van der Waals surface area contributed by atoms with E-state index in [1.54, 1.807) is 55.5 Å². The van der Waals surface area contributed by atoms with E-state index in [0.717, 1.165) is 11.1 Å². The molecule has 348 valence electrons. The number of aryl methyl sites for hydroxylation is 2. The van der Waals surface area contributed by atoms with E-state index in [2.05, 4.69) is 0 Å². The number of halogens is 9. The first kappa shape index (κ1) is 63.0. The minimum absolute atomic E-state index is 0. The molecule has 14 nitrogen and oxygen atoms in total. The number of aromatic hydroxyl groups is 1. The zero-order valence-corrected chi connectivity index (χ0v) is 46.3. The number of nitrogens with zero attached hydrogens (tertiary/aromatic N) is 1. The Labute approximate surface area is 463 Å². The monoisotopic (exact) mass is 1280 g/mol. The molecule has 0 saturated carbocycles. The number of aromatic carboxylic acids is 1. The van der Waals surface area contributed by atoms with Crippen molar-refractivity contribution in [3.05, 3.63) is 137 Å². The van der Waals surface area contributed by atoms with Gasteiger partial charge in [-0.3, -0.25) is 0 Å². The molecule has 0 bridgehead atoms. The molecule has 0 amide bonds. The second-order valence-electron chi connectivity index (χ2n) is 12.1. The first-order valence-corrected chi connectivity index (χ1v) is 22.2. The second kappa shape index (κ2) is 31.9. The Balaban J connectivity index is 0.000000799. The van der Waals surface area contributed by atoms with Crippen molar-refractivity contribution in [3.8, 4) is 34.8 Å². The minimum Gasteiger partial charge on any atom is -0.546 e. The number of methoxy groups -OCH3 is 1. The maximum absolute atomic E-state index is 10.7. The number of rotatable bonds is 11. The molecule has 0 aliphatic heterocycles. The number of phenols is 1. The van der Waals surface area contributed by atoms with Crippen LogP contribution < -0.4 is 53.6 Å². The number of hydrogen-bond donors (Lipinski definition) is 4. The average molecular weight is 1280 g/mol. The molecule has 4 N–H and O–H groups in total. The normalized spacial score (nSPS) is 10.1. The molecule has 24 heteroatoms. The maximum Gasteiger partial charge on any atom is 1.00 e. The van der Waals surface area contributed by atoms with Gasteiger partial charge in [0.25, 0.3) is 0 Å². The number of ether oxygens (including phenoxy) is 4. The van der Waals surface area contributed by atoms with Gasteiger partial charge in [-0.15, -0.1) is 0 Å². The summed E-state index contributed by atoms with van der Waals surface area (Å²) in [5.74, 6) is -2.89. The van der Waals surface area contributed by atoms with Gasteiger partial charge >= 0.3 is 47.5 Å². The summed E-state index contributed by atoms with van der Waals surface area (Å²) in [6, 6.07) is 21.0. The third kappa shape index (κ3) is 22.8. The Hall–Kier alpha value is -3.04. The fourth-order valence-electron chi connectivity index (χ4n) is 4.21. The summed E-state index contributed by atoms with van der Waals surface area (Å²) in [7, 11) is 1.34. The predicted molar refractivity (Wildman–Crippen MR) is 263 cm³/mol. The van der Waals surface area contributed by atoms with Crippen LogP contribution in [-0.4, -0.2) is 70.7 Å². The number of carbonyl (C=O) groups excluding carboxylic acids is 1. The molecule has 0 fully saturated rings. The molecule has 5 aromatic rings. The summed E-state index contributed by atoms with van der Waals surface area (Å²) in [6.45, 7) is 4.17. The van der Waals surface area contributed by atoms with E-state index in [4.69, 9.17) is 121 Å². The van der Waals surface area contributed by atoms with Crippen LogP contribution in [0.1, 0.15) is 34.0 Å². The van der Waals surface area contributed by atoms with Crippen LogP contribution in [0.25, 0.3) is 0 Å². The second-order valence-corrected chi connectivity index (χ2v) is 17.3. The summed E-state index contributed by atoms with van der Waals surface area (Å²) < 4.78 is 21.2. The zero-order valence-electron chi connectivity index (χ0n) is 34.7. The largest absolute Gasteiger partial charge is 1.00 e. The number of carbonyl (C=O) groups is 4. The molecule has 0 aromatic heterocycles. The topological polar surface area (TPSA) is 233 Å². The van der Waals surface area contributed by atoms with Crippen molar-refractivity contribution in [2.75, 3.05) is 20.3 Å². The van der Waals surface area contributed by atoms with Gasteiger partial charge in [0, 0.05) is 16.1 Å². The van der Waals surface area contributed by atoms with E-state index in [9.17, 15) is 29.4 Å². The van der Waals surface area contributed by atoms with Crippen molar-refractivity contribution < 1.29 is 93.2 Å². The van der Waals surface area contributed by atoms with Gasteiger partial charge in [0.1, 0.15) is 35.2 Å². The van der Waals surface area contributed by atoms with Crippen molar-refractivity contribution in [3.63, 3.8) is 0 Å². The maximum atomic E-state index is 10.7. The molecule has 66 heavy (non-hydrogen) atoms. The van der Waals surface area contributed by atoms with Crippen LogP contribution in [-0.2, 0) is 14.4 Å². The number of hydrogen-bond acceptors (Lipinski definition) is 11. The molecule has 0 radical (unpaired) electrons. The number of benzene rings is 5. The van der Waals surface area contributed by atoms with Crippen molar-refractivity contribution in [2.24, 2.45) is 0 Å². The van der Waals surface area contributed by atoms with Gasteiger partial charge < -0.3 is 49.3 Å². The van der Waals surface area contributed by atoms with Crippen molar-refractivity contribution in [2.45, 2.75) is 26.9 Å². The quantitative estimate of drug-likeness (QED) is 0.0551. The Morgan fingerprint density at radius 1 is 0.697 bits per heavy atom. The predicted octanol–water partition coefficient (Wildman–Crippen LogP) is 8.56. The van der Waals surface area contributed by atoms with Crippen LogP contribution >= 0.6 is 126 Å². The SMILES string of the molecule is COc1c(Cl)ccc(Cl)c1C(=O)O.Cc1cc(Cl)ccc1OC(C)C(=O)O.Cc1cc(Cl)ccc1OCC(=O)[O-].N#Cc1cc(I)c(O)c(I)c1.O=C(O)COc1cc(Cl)c(Cl)cc1Cl.[Na+]. The van der Waals surface area contributed by atoms with E-state index < -0.39 is 43.2 Å². The van der Waals surface area contributed by atoms with Gasteiger partial charge in [-0.2, -0.15) is 5.26 Å². The summed E-state index contributed by atoms with van der Waals surface area (Å²) >= 11 is 43.8. The van der Waals surface area contributed by atoms with Crippen molar-refractivity contribution in [1.82, 2.24) is 0 Å². The number of aliphatic carboxylic acids is 3. The molecule has 0 spiro atoms. The Kier molecular flexibility index (Phi) is 30.4. The molecule has 1 unspecified atom stereocenters. The van der Waals surface area contributed by atoms with E-state index in [1.807, 2.05) is 58.2 Å². The number of phenolic OH excluding ortho intramolecular Hbond substituents is 1. The van der Waals surface area contributed by atoms with E-state index in [1.165, 1.54) is 38.3 Å². The Morgan fingerprint density at radius 3 is 1.61 bits per heavy atom. The van der Waals surface area contributed by atoms with Crippen LogP contribution in [0.4, 0.5) is 0 Å². The van der Waals surface area contributed by atoms with Crippen LogP contribution in [0.2, 0.25) is 35.2 Å². The molecular formula is C42H33Cl7I2NNaO13. The third-order valence-electron chi connectivity index (χ3n) is 7.22. The molecule has 0 aliphatic rings. The van der Waals surface area contributed by atoms with Crippen LogP contribution in [0, 0.1) is 32.3 Å². The van der Waals surface area contributed by atoms with Crippen LogP contribution in [0.15, 0.2) is 72.8 Å². The fraction of sp³-hybridized carbons (Fsp3) is 0.167. The van der Waals surface area contributed by atoms with E-state index >= 15 is 0 Å². The summed E-state index contributed by atoms with van der Waals surface area (Å²) in [6.07, 6.45) is -0.852. The average Bonchev–Trinajstić information content (AvgIpc) is 3.22. The minimum atomic E-state index is -1.24. The summed E-state index contributed by atoms with van der Waals surface area (Å²) in [5.41, 5.74) is 2.09. The van der Waals surface area contributed by atoms with Gasteiger partial charge in [0.2, 0.25) is 0 Å². The van der Waals surface area contributed by atoms with Crippen LogP contribution in [0.3, 0.4) is 0 Å². The summed E-state index contributed by atoms with van der Waals surface area (Å²) in [5, 5.41) is 56.0. The van der Waals surface area contributed by atoms with Crippen molar-refractivity contribution >= 4 is 150 Å². The van der Waals surface area contributed by atoms with Gasteiger partial charge in [-0.25, -0.2) is 14.4 Å². The van der Waals surface area contributed by atoms with Crippen molar-refractivity contribution in [1.29, 1.82) is 5.26 Å².